The molecule has 2 nitrogen and oxygen atoms in total. The first kappa shape index (κ1) is 14.6. The third-order valence-electron chi connectivity index (χ3n) is 2.52. The van der Waals surface area contributed by atoms with Crippen molar-refractivity contribution in [1.29, 1.82) is 0 Å². The molecule has 1 heterocycles. The van der Waals surface area contributed by atoms with Gasteiger partial charge in [-0.05, 0) is 25.1 Å². The van der Waals surface area contributed by atoms with E-state index in [2.05, 4.69) is 4.98 Å². The normalized spacial score (nSPS) is 11.7. The lowest BCUT2D eigenvalue weighted by molar-refractivity contribution is -0.140. The van der Waals surface area contributed by atoms with Crippen molar-refractivity contribution in [3.05, 3.63) is 40.0 Å². The Labute approximate surface area is 116 Å². The number of ketones is 1. The summed E-state index contributed by atoms with van der Waals surface area (Å²) in [6.45, 7) is 1.40. The molecule has 0 aliphatic rings. The largest absolute Gasteiger partial charge is 0.419 e. The molecule has 20 heavy (non-hydrogen) atoms. The highest BCUT2D eigenvalue weighted by Crippen LogP contribution is 2.34. The average molecular weight is 303 g/mol. The highest BCUT2D eigenvalue weighted by atomic mass is 32.1. The molecular weight excluding hydrogens is 294 g/mol. The predicted molar refractivity (Wildman–Crippen MR) is 66.9 cm³/mol. The quantitative estimate of drug-likeness (QED) is 0.799. The van der Waals surface area contributed by atoms with E-state index in [0.29, 0.717) is 10.7 Å². The van der Waals surface area contributed by atoms with Crippen LogP contribution in [0.3, 0.4) is 0 Å². The van der Waals surface area contributed by atoms with Crippen LogP contribution in [0.5, 0.6) is 0 Å². The zero-order valence-corrected chi connectivity index (χ0v) is 11.1. The van der Waals surface area contributed by atoms with Gasteiger partial charge < -0.3 is 0 Å². The Hall–Kier alpha value is -1.76. The van der Waals surface area contributed by atoms with Crippen LogP contribution in [0.4, 0.5) is 17.6 Å². The van der Waals surface area contributed by atoms with Crippen LogP contribution in [0.25, 0.3) is 11.3 Å². The maximum atomic E-state index is 13.2. The molecule has 2 rings (SSSR count). The molecule has 1 aromatic carbocycles. The Kier molecular flexibility index (Phi) is 3.89. The minimum absolute atomic E-state index is 0.0824. The fourth-order valence-corrected chi connectivity index (χ4v) is 2.51. The Morgan fingerprint density at radius 1 is 1.35 bits per heavy atom. The zero-order valence-electron chi connectivity index (χ0n) is 10.3. The van der Waals surface area contributed by atoms with Gasteiger partial charge in [0.1, 0.15) is 16.6 Å². The molecule has 0 spiro atoms. The molecule has 0 saturated carbocycles. The fraction of sp³-hybridized carbons (Fsp3) is 0.231. The van der Waals surface area contributed by atoms with Crippen molar-refractivity contribution in [3.8, 4) is 11.3 Å². The van der Waals surface area contributed by atoms with Gasteiger partial charge in [-0.15, -0.1) is 11.3 Å². The minimum atomic E-state index is -4.75. The lowest BCUT2D eigenvalue weighted by atomic mass is 10.1. The lowest BCUT2D eigenvalue weighted by Gasteiger charge is -2.09. The van der Waals surface area contributed by atoms with Crippen molar-refractivity contribution >= 4 is 17.1 Å². The lowest BCUT2D eigenvalue weighted by Crippen LogP contribution is -2.08. The van der Waals surface area contributed by atoms with Crippen molar-refractivity contribution in [2.45, 2.75) is 19.5 Å². The van der Waals surface area contributed by atoms with Crippen LogP contribution in [0.15, 0.2) is 23.6 Å². The molecule has 0 aliphatic carbocycles. The van der Waals surface area contributed by atoms with Crippen molar-refractivity contribution < 1.29 is 22.4 Å². The Morgan fingerprint density at radius 3 is 2.65 bits per heavy atom. The van der Waals surface area contributed by atoms with E-state index in [0.717, 1.165) is 12.1 Å². The molecule has 0 aliphatic heterocycles. The van der Waals surface area contributed by atoms with E-state index in [1.54, 1.807) is 5.38 Å². The summed E-state index contributed by atoms with van der Waals surface area (Å²) in [5, 5.41) is 2.07. The van der Waals surface area contributed by atoms with Crippen molar-refractivity contribution in [2.24, 2.45) is 0 Å². The summed E-state index contributed by atoms with van der Waals surface area (Å²) >= 11 is 1.18. The van der Waals surface area contributed by atoms with E-state index in [1.165, 1.54) is 24.3 Å². The number of Topliss-reactive ketones (excluding diaryl/α,β-unsaturated/α-hetero) is 1. The van der Waals surface area contributed by atoms with Gasteiger partial charge in [-0.3, -0.25) is 4.79 Å². The molecule has 0 saturated heterocycles. The summed E-state index contributed by atoms with van der Waals surface area (Å²) in [5.74, 6) is -1.40. The number of nitrogens with zero attached hydrogens (tertiary/aromatic N) is 1. The molecule has 0 atom stereocenters. The summed E-state index contributed by atoms with van der Waals surface area (Å²) in [6, 6.07) is 2.72. The molecule has 0 bridgehead atoms. The van der Waals surface area contributed by atoms with Gasteiger partial charge in [0.05, 0.1) is 17.7 Å². The SMILES string of the molecule is CC(=O)Cc1nc(-c2ccc(F)c(C(F)(F)F)c2)cs1. The summed E-state index contributed by atoms with van der Waals surface area (Å²) in [5.41, 5.74) is -0.849. The maximum absolute atomic E-state index is 13.2. The van der Waals surface area contributed by atoms with E-state index in [-0.39, 0.29) is 17.8 Å². The van der Waals surface area contributed by atoms with Crippen LogP contribution in [0.1, 0.15) is 17.5 Å². The van der Waals surface area contributed by atoms with E-state index in [4.69, 9.17) is 0 Å². The molecule has 1 aromatic heterocycles. The van der Waals surface area contributed by atoms with Gasteiger partial charge in [-0.25, -0.2) is 9.37 Å². The average Bonchev–Trinajstić information content (AvgIpc) is 2.75. The molecule has 7 heteroatoms. The van der Waals surface area contributed by atoms with Crippen LogP contribution in [0.2, 0.25) is 0 Å². The summed E-state index contributed by atoms with van der Waals surface area (Å²) in [7, 11) is 0. The van der Waals surface area contributed by atoms with Gasteiger partial charge in [0, 0.05) is 10.9 Å². The molecule has 0 fully saturated rings. The van der Waals surface area contributed by atoms with Gasteiger partial charge in [0.25, 0.3) is 0 Å². The number of carbonyl (C=O) groups excluding carboxylic acids is 1. The first-order chi connectivity index (χ1) is 9.27. The predicted octanol–water partition coefficient (Wildman–Crippen LogP) is 4.10. The number of rotatable bonds is 3. The first-order valence-corrected chi connectivity index (χ1v) is 6.46. The number of carbonyl (C=O) groups is 1. The maximum Gasteiger partial charge on any atom is 0.419 e. The van der Waals surface area contributed by atoms with Crippen molar-refractivity contribution in [3.63, 3.8) is 0 Å². The number of alkyl halides is 3. The summed E-state index contributed by atoms with van der Waals surface area (Å²) in [4.78, 5) is 15.0. The molecule has 0 radical (unpaired) electrons. The molecule has 106 valence electrons. The number of hydrogen-bond donors (Lipinski definition) is 0. The van der Waals surface area contributed by atoms with E-state index in [1.807, 2.05) is 0 Å². The summed E-state index contributed by atoms with van der Waals surface area (Å²) < 4.78 is 51.0. The second kappa shape index (κ2) is 5.32. The minimum Gasteiger partial charge on any atom is -0.300 e. The Balaban J connectivity index is 2.38. The third-order valence-corrected chi connectivity index (χ3v) is 3.37. The smallest absolute Gasteiger partial charge is 0.300 e. The number of aromatic nitrogens is 1. The van der Waals surface area contributed by atoms with E-state index in [9.17, 15) is 22.4 Å². The molecule has 0 N–H and O–H groups in total. The number of thiazole rings is 1. The number of hydrogen-bond acceptors (Lipinski definition) is 3. The highest BCUT2D eigenvalue weighted by molar-refractivity contribution is 7.10. The second-order valence-electron chi connectivity index (χ2n) is 4.20. The first-order valence-electron chi connectivity index (χ1n) is 5.58. The zero-order chi connectivity index (χ0) is 14.9. The van der Waals surface area contributed by atoms with Crippen LogP contribution in [-0.2, 0) is 17.4 Å². The van der Waals surface area contributed by atoms with Crippen LogP contribution < -0.4 is 0 Å². The Bertz CT molecular complexity index is 648. The van der Waals surface area contributed by atoms with Crippen LogP contribution in [-0.4, -0.2) is 10.8 Å². The summed E-state index contributed by atoms with van der Waals surface area (Å²) in [6.07, 6.45) is -4.61. The van der Waals surface area contributed by atoms with Gasteiger partial charge in [0.15, 0.2) is 0 Å². The third kappa shape index (κ3) is 3.22. The van der Waals surface area contributed by atoms with Crippen molar-refractivity contribution in [2.75, 3.05) is 0 Å². The molecular formula is C13H9F4NOS. The second-order valence-corrected chi connectivity index (χ2v) is 5.14. The van der Waals surface area contributed by atoms with Crippen LogP contribution in [0, 0.1) is 5.82 Å². The van der Waals surface area contributed by atoms with Gasteiger partial charge in [-0.2, -0.15) is 13.2 Å². The Morgan fingerprint density at radius 2 is 2.05 bits per heavy atom. The molecule has 0 unspecified atom stereocenters. The van der Waals surface area contributed by atoms with E-state index >= 15 is 0 Å². The molecule has 2 aromatic rings. The van der Waals surface area contributed by atoms with Crippen LogP contribution >= 0.6 is 11.3 Å². The number of benzene rings is 1. The fourth-order valence-electron chi connectivity index (χ4n) is 1.64. The standard InChI is InChI=1S/C13H9F4NOS/c1-7(19)4-12-18-11(6-20-12)8-2-3-10(14)9(5-8)13(15,16)17/h2-3,5-6H,4H2,1H3. The van der Waals surface area contributed by atoms with Crippen molar-refractivity contribution in [1.82, 2.24) is 4.98 Å². The topological polar surface area (TPSA) is 30.0 Å². The highest BCUT2D eigenvalue weighted by Gasteiger charge is 2.34. The van der Waals surface area contributed by atoms with Gasteiger partial charge in [-0.1, -0.05) is 0 Å². The van der Waals surface area contributed by atoms with E-state index < -0.39 is 17.6 Å². The molecule has 0 amide bonds. The number of halogens is 4. The van der Waals surface area contributed by atoms with Gasteiger partial charge >= 0.3 is 6.18 Å². The van der Waals surface area contributed by atoms with Gasteiger partial charge in [0.2, 0.25) is 0 Å². The monoisotopic (exact) mass is 303 g/mol.